The minimum absolute atomic E-state index is 0.261. The van der Waals surface area contributed by atoms with Crippen molar-refractivity contribution in [1.29, 1.82) is 0 Å². The fourth-order valence-corrected chi connectivity index (χ4v) is 2.62. The van der Waals surface area contributed by atoms with Crippen LogP contribution in [0.15, 0.2) is 18.2 Å². The highest BCUT2D eigenvalue weighted by Gasteiger charge is 2.26. The second kappa shape index (κ2) is 5.46. The molecular formula is C14H16F2O2. The molecule has 0 aromatic heterocycles. The van der Waals surface area contributed by atoms with Gasteiger partial charge in [0.05, 0.1) is 5.92 Å². The lowest BCUT2D eigenvalue weighted by atomic mass is 9.79. The Hall–Kier alpha value is -1.45. The van der Waals surface area contributed by atoms with E-state index in [1.165, 1.54) is 6.07 Å². The Bertz CT molecular complexity index is 437. The normalized spacial score (nSPS) is 23.9. The number of carbonyl (C=O) groups is 1. The second-order valence-electron chi connectivity index (χ2n) is 5.00. The van der Waals surface area contributed by atoms with Gasteiger partial charge in [0.15, 0.2) is 0 Å². The number of hydrogen-bond donors (Lipinski definition) is 1. The maximum Gasteiger partial charge on any atom is 0.306 e. The van der Waals surface area contributed by atoms with Crippen molar-refractivity contribution in [3.05, 3.63) is 35.4 Å². The number of rotatable bonds is 3. The van der Waals surface area contributed by atoms with Crippen LogP contribution in [0, 0.1) is 23.5 Å². The van der Waals surface area contributed by atoms with Gasteiger partial charge in [0, 0.05) is 0 Å². The minimum Gasteiger partial charge on any atom is -0.481 e. The molecule has 1 N–H and O–H groups in total. The Kier molecular flexibility index (Phi) is 3.94. The van der Waals surface area contributed by atoms with E-state index in [1.807, 2.05) is 0 Å². The van der Waals surface area contributed by atoms with Crippen molar-refractivity contribution in [2.24, 2.45) is 11.8 Å². The summed E-state index contributed by atoms with van der Waals surface area (Å²) in [5, 5.41) is 8.89. The summed E-state index contributed by atoms with van der Waals surface area (Å²) in [6, 6.07) is 3.49. The molecule has 2 nitrogen and oxygen atoms in total. The molecule has 0 unspecified atom stereocenters. The number of carboxylic acids is 1. The molecule has 98 valence electrons. The molecule has 0 atom stereocenters. The van der Waals surface area contributed by atoms with Gasteiger partial charge in [0.25, 0.3) is 0 Å². The molecule has 1 aliphatic carbocycles. The molecule has 0 aliphatic heterocycles. The maximum atomic E-state index is 13.5. The molecule has 4 heteroatoms. The lowest BCUT2D eigenvalue weighted by Crippen LogP contribution is -2.22. The van der Waals surface area contributed by atoms with E-state index in [0.29, 0.717) is 24.8 Å². The predicted octanol–water partition coefficient (Wildman–Crippen LogP) is 3.40. The summed E-state index contributed by atoms with van der Waals surface area (Å²) in [6.45, 7) is 0. The Morgan fingerprint density at radius 2 is 1.89 bits per heavy atom. The molecule has 1 aliphatic rings. The van der Waals surface area contributed by atoms with Crippen LogP contribution in [0.2, 0.25) is 0 Å². The molecule has 18 heavy (non-hydrogen) atoms. The predicted molar refractivity (Wildman–Crippen MR) is 63.1 cm³/mol. The first-order chi connectivity index (χ1) is 8.56. The van der Waals surface area contributed by atoms with Gasteiger partial charge in [-0.3, -0.25) is 4.79 Å². The number of aliphatic carboxylic acids is 1. The van der Waals surface area contributed by atoms with E-state index in [0.717, 1.165) is 25.0 Å². The van der Waals surface area contributed by atoms with Gasteiger partial charge >= 0.3 is 5.97 Å². The first-order valence-corrected chi connectivity index (χ1v) is 6.23. The van der Waals surface area contributed by atoms with Crippen LogP contribution >= 0.6 is 0 Å². The monoisotopic (exact) mass is 254 g/mol. The van der Waals surface area contributed by atoms with Crippen molar-refractivity contribution in [2.45, 2.75) is 32.1 Å². The van der Waals surface area contributed by atoms with E-state index in [1.54, 1.807) is 0 Å². The van der Waals surface area contributed by atoms with Crippen LogP contribution in [0.3, 0.4) is 0 Å². The summed E-state index contributed by atoms with van der Waals surface area (Å²) in [4.78, 5) is 10.8. The van der Waals surface area contributed by atoms with Gasteiger partial charge in [-0.15, -0.1) is 0 Å². The largest absolute Gasteiger partial charge is 0.481 e. The Balaban J connectivity index is 1.95. The van der Waals surface area contributed by atoms with Gasteiger partial charge in [0.1, 0.15) is 11.6 Å². The van der Waals surface area contributed by atoms with Crippen molar-refractivity contribution in [1.82, 2.24) is 0 Å². The van der Waals surface area contributed by atoms with Crippen molar-refractivity contribution < 1.29 is 18.7 Å². The van der Waals surface area contributed by atoms with Crippen LogP contribution in [0.4, 0.5) is 8.78 Å². The van der Waals surface area contributed by atoms with Crippen LogP contribution in [0.25, 0.3) is 0 Å². The highest BCUT2D eigenvalue weighted by molar-refractivity contribution is 5.69. The van der Waals surface area contributed by atoms with Crippen molar-refractivity contribution in [3.63, 3.8) is 0 Å². The first kappa shape index (κ1) is 13.0. The molecule has 1 fully saturated rings. The highest BCUT2D eigenvalue weighted by Crippen LogP contribution is 2.31. The lowest BCUT2D eigenvalue weighted by Gasteiger charge is -2.26. The highest BCUT2D eigenvalue weighted by atomic mass is 19.1. The molecule has 0 saturated heterocycles. The number of hydrogen-bond acceptors (Lipinski definition) is 1. The zero-order chi connectivity index (χ0) is 13.1. The summed E-state index contributed by atoms with van der Waals surface area (Å²) in [6.07, 6.45) is 3.31. The molecule has 0 spiro atoms. The topological polar surface area (TPSA) is 37.3 Å². The number of carboxylic acid groups (broad SMARTS) is 1. The van der Waals surface area contributed by atoms with Gasteiger partial charge < -0.3 is 5.11 Å². The molecular weight excluding hydrogens is 238 g/mol. The average Bonchev–Trinajstić information content (AvgIpc) is 2.34. The van der Waals surface area contributed by atoms with Gasteiger partial charge in [-0.1, -0.05) is 0 Å². The molecule has 0 heterocycles. The fourth-order valence-electron chi connectivity index (χ4n) is 2.62. The lowest BCUT2D eigenvalue weighted by molar-refractivity contribution is -0.143. The van der Waals surface area contributed by atoms with Gasteiger partial charge in [0.2, 0.25) is 0 Å². The summed E-state index contributed by atoms with van der Waals surface area (Å²) < 4.78 is 26.5. The van der Waals surface area contributed by atoms with E-state index in [4.69, 9.17) is 5.11 Å². The van der Waals surface area contributed by atoms with E-state index in [9.17, 15) is 13.6 Å². The molecule has 1 aromatic rings. The SMILES string of the molecule is O=C(O)C1CCC(Cc2cc(F)ccc2F)CC1. The van der Waals surface area contributed by atoms with Gasteiger partial charge in [-0.25, -0.2) is 8.78 Å². The van der Waals surface area contributed by atoms with E-state index in [-0.39, 0.29) is 17.7 Å². The quantitative estimate of drug-likeness (QED) is 0.897. The third-order valence-corrected chi connectivity index (χ3v) is 3.71. The number of benzene rings is 1. The summed E-state index contributed by atoms with van der Waals surface area (Å²) in [5.41, 5.74) is 0.397. The van der Waals surface area contributed by atoms with E-state index in [2.05, 4.69) is 0 Å². The molecule has 0 bridgehead atoms. The smallest absolute Gasteiger partial charge is 0.306 e. The Labute approximate surface area is 105 Å². The van der Waals surface area contributed by atoms with E-state index < -0.39 is 11.8 Å². The molecule has 1 aromatic carbocycles. The zero-order valence-corrected chi connectivity index (χ0v) is 10.0. The van der Waals surface area contributed by atoms with Crippen molar-refractivity contribution >= 4 is 5.97 Å². The third kappa shape index (κ3) is 3.06. The van der Waals surface area contributed by atoms with Crippen LogP contribution in [0.5, 0.6) is 0 Å². The van der Waals surface area contributed by atoms with Gasteiger partial charge in [-0.2, -0.15) is 0 Å². The average molecular weight is 254 g/mol. The fraction of sp³-hybridized carbons (Fsp3) is 0.500. The number of halogens is 2. The summed E-state index contributed by atoms with van der Waals surface area (Å²) in [5.74, 6) is -1.55. The standard InChI is InChI=1S/C14H16F2O2/c15-12-5-6-13(16)11(8-12)7-9-1-3-10(4-2-9)14(17)18/h5-6,8-10H,1-4,7H2,(H,17,18). The Morgan fingerprint density at radius 3 is 2.50 bits per heavy atom. The van der Waals surface area contributed by atoms with Crippen LogP contribution in [-0.2, 0) is 11.2 Å². The van der Waals surface area contributed by atoms with Crippen LogP contribution in [-0.4, -0.2) is 11.1 Å². The second-order valence-corrected chi connectivity index (χ2v) is 5.00. The van der Waals surface area contributed by atoms with Crippen LogP contribution < -0.4 is 0 Å². The van der Waals surface area contributed by atoms with Crippen molar-refractivity contribution in [2.75, 3.05) is 0 Å². The van der Waals surface area contributed by atoms with Gasteiger partial charge in [-0.05, 0) is 61.8 Å². The van der Waals surface area contributed by atoms with E-state index >= 15 is 0 Å². The third-order valence-electron chi connectivity index (χ3n) is 3.71. The summed E-state index contributed by atoms with van der Waals surface area (Å²) in [7, 11) is 0. The van der Waals surface area contributed by atoms with Crippen molar-refractivity contribution in [3.8, 4) is 0 Å². The molecule has 0 amide bonds. The summed E-state index contributed by atoms with van der Waals surface area (Å²) >= 11 is 0. The molecule has 2 rings (SSSR count). The Morgan fingerprint density at radius 1 is 1.22 bits per heavy atom. The molecule has 0 radical (unpaired) electrons. The minimum atomic E-state index is -0.745. The van der Waals surface area contributed by atoms with Crippen LogP contribution in [0.1, 0.15) is 31.2 Å². The molecule has 1 saturated carbocycles. The zero-order valence-electron chi connectivity index (χ0n) is 10.0. The maximum absolute atomic E-state index is 13.5. The first-order valence-electron chi connectivity index (χ1n) is 6.23.